The van der Waals surface area contributed by atoms with Crippen LogP contribution in [0.1, 0.15) is 45.2 Å². The first kappa shape index (κ1) is 18.0. The van der Waals surface area contributed by atoms with Crippen LogP contribution in [-0.4, -0.2) is 33.1 Å². The van der Waals surface area contributed by atoms with E-state index in [9.17, 15) is 8.42 Å². The molecule has 120 valence electrons. The Morgan fingerprint density at radius 1 is 1.14 bits per heavy atom. The molecule has 0 fully saturated rings. The lowest BCUT2D eigenvalue weighted by atomic mass is 10.1. The van der Waals surface area contributed by atoms with Gasteiger partial charge in [-0.1, -0.05) is 32.4 Å². The van der Waals surface area contributed by atoms with Crippen LogP contribution in [0, 0.1) is 0 Å². The summed E-state index contributed by atoms with van der Waals surface area (Å²) in [6.45, 7) is 7.29. The SMILES string of the molecule is CCCCS(=O)(=O)CC(NCC)c1ccc(OCC)cc1. The molecule has 0 saturated heterocycles. The average Bonchev–Trinajstić information content (AvgIpc) is 2.46. The first-order valence-corrected chi connectivity index (χ1v) is 9.51. The van der Waals surface area contributed by atoms with E-state index in [1.165, 1.54) is 0 Å². The van der Waals surface area contributed by atoms with Crippen LogP contribution in [0.2, 0.25) is 0 Å². The maximum Gasteiger partial charge on any atom is 0.152 e. The summed E-state index contributed by atoms with van der Waals surface area (Å²) >= 11 is 0. The molecule has 0 saturated carbocycles. The number of nitrogens with one attached hydrogen (secondary N) is 1. The van der Waals surface area contributed by atoms with Crippen LogP contribution in [0.25, 0.3) is 0 Å². The Labute approximate surface area is 128 Å². The summed E-state index contributed by atoms with van der Waals surface area (Å²) in [6, 6.07) is 7.50. The second-order valence-corrected chi connectivity index (χ2v) is 7.31. The van der Waals surface area contributed by atoms with Gasteiger partial charge in [-0.25, -0.2) is 8.42 Å². The zero-order valence-electron chi connectivity index (χ0n) is 13.3. The minimum absolute atomic E-state index is 0.148. The number of hydrogen-bond donors (Lipinski definition) is 1. The molecular formula is C16H27NO3S. The van der Waals surface area contributed by atoms with Crippen molar-refractivity contribution in [1.29, 1.82) is 0 Å². The monoisotopic (exact) mass is 313 g/mol. The maximum atomic E-state index is 12.2. The lowest BCUT2D eigenvalue weighted by Gasteiger charge is -2.19. The molecule has 5 heteroatoms. The van der Waals surface area contributed by atoms with Gasteiger partial charge in [0.05, 0.1) is 18.1 Å². The molecular weight excluding hydrogens is 286 g/mol. The third kappa shape index (κ3) is 6.48. The normalized spacial score (nSPS) is 13.1. The van der Waals surface area contributed by atoms with E-state index in [0.717, 1.165) is 30.7 Å². The maximum absolute atomic E-state index is 12.2. The van der Waals surface area contributed by atoms with Gasteiger partial charge < -0.3 is 10.1 Å². The third-order valence-electron chi connectivity index (χ3n) is 3.27. The molecule has 1 N–H and O–H groups in total. The molecule has 0 aliphatic heterocycles. The highest BCUT2D eigenvalue weighted by molar-refractivity contribution is 7.91. The van der Waals surface area contributed by atoms with Gasteiger partial charge in [-0.3, -0.25) is 0 Å². The summed E-state index contributed by atoms with van der Waals surface area (Å²) < 4.78 is 29.7. The number of rotatable bonds is 10. The van der Waals surface area contributed by atoms with E-state index in [2.05, 4.69) is 5.32 Å². The Morgan fingerprint density at radius 3 is 2.33 bits per heavy atom. The molecule has 0 aromatic heterocycles. The summed E-state index contributed by atoms with van der Waals surface area (Å²) in [6.07, 6.45) is 1.62. The van der Waals surface area contributed by atoms with E-state index in [1.807, 2.05) is 45.0 Å². The number of ether oxygens (including phenoxy) is 1. The Hall–Kier alpha value is -1.07. The fourth-order valence-electron chi connectivity index (χ4n) is 2.18. The smallest absolute Gasteiger partial charge is 0.152 e. The van der Waals surface area contributed by atoms with Crippen LogP contribution in [0.3, 0.4) is 0 Å². The lowest BCUT2D eigenvalue weighted by molar-refractivity contribution is 0.340. The Kier molecular flexibility index (Phi) is 7.75. The van der Waals surface area contributed by atoms with Crippen molar-refractivity contribution in [2.75, 3.05) is 24.7 Å². The predicted octanol–water partition coefficient (Wildman–Crippen LogP) is 2.95. The molecule has 21 heavy (non-hydrogen) atoms. The second kappa shape index (κ2) is 9.05. The highest BCUT2D eigenvalue weighted by atomic mass is 32.2. The van der Waals surface area contributed by atoms with Gasteiger partial charge in [0.1, 0.15) is 5.75 Å². The van der Waals surface area contributed by atoms with E-state index in [1.54, 1.807) is 0 Å². The van der Waals surface area contributed by atoms with Gasteiger partial charge >= 0.3 is 0 Å². The van der Waals surface area contributed by atoms with Crippen molar-refractivity contribution in [3.63, 3.8) is 0 Å². The topological polar surface area (TPSA) is 55.4 Å². The van der Waals surface area contributed by atoms with Crippen molar-refractivity contribution >= 4 is 9.84 Å². The molecule has 0 bridgehead atoms. The van der Waals surface area contributed by atoms with Gasteiger partial charge in [-0.2, -0.15) is 0 Å². The van der Waals surface area contributed by atoms with E-state index in [0.29, 0.717) is 6.61 Å². The van der Waals surface area contributed by atoms with Crippen LogP contribution in [0.4, 0.5) is 0 Å². The van der Waals surface area contributed by atoms with Gasteiger partial charge in [-0.05, 0) is 37.6 Å². The molecule has 1 rings (SSSR count). The Morgan fingerprint density at radius 2 is 1.81 bits per heavy atom. The average molecular weight is 313 g/mol. The molecule has 1 aromatic rings. The fraction of sp³-hybridized carbons (Fsp3) is 0.625. The standard InChI is InChI=1S/C16H27NO3S/c1-4-7-12-21(18,19)13-16(17-5-2)14-8-10-15(11-9-14)20-6-3/h8-11,16-17H,4-7,12-13H2,1-3H3. The largest absolute Gasteiger partial charge is 0.494 e. The van der Waals surface area contributed by atoms with Crippen molar-refractivity contribution < 1.29 is 13.2 Å². The number of benzene rings is 1. The number of hydrogen-bond acceptors (Lipinski definition) is 4. The van der Waals surface area contributed by atoms with Gasteiger partial charge in [0, 0.05) is 6.04 Å². The minimum atomic E-state index is -3.03. The van der Waals surface area contributed by atoms with Crippen molar-refractivity contribution in [2.45, 2.75) is 39.7 Å². The van der Waals surface area contributed by atoms with Crippen LogP contribution in [0.5, 0.6) is 5.75 Å². The molecule has 0 spiro atoms. The highest BCUT2D eigenvalue weighted by Crippen LogP contribution is 2.20. The molecule has 0 aliphatic rings. The van der Waals surface area contributed by atoms with E-state index < -0.39 is 9.84 Å². The third-order valence-corrected chi connectivity index (χ3v) is 5.03. The minimum Gasteiger partial charge on any atom is -0.494 e. The summed E-state index contributed by atoms with van der Waals surface area (Å²) in [5.74, 6) is 1.22. The summed E-state index contributed by atoms with van der Waals surface area (Å²) in [4.78, 5) is 0. The molecule has 1 unspecified atom stereocenters. The van der Waals surface area contributed by atoms with Gasteiger partial charge in [0.15, 0.2) is 9.84 Å². The Balaban J connectivity index is 2.80. The first-order chi connectivity index (χ1) is 10.0. The number of sulfone groups is 1. The van der Waals surface area contributed by atoms with E-state index in [-0.39, 0.29) is 17.5 Å². The van der Waals surface area contributed by atoms with Gasteiger partial charge in [-0.15, -0.1) is 0 Å². The van der Waals surface area contributed by atoms with Crippen molar-refractivity contribution in [3.8, 4) is 5.75 Å². The van der Waals surface area contributed by atoms with Crippen LogP contribution in [-0.2, 0) is 9.84 Å². The summed E-state index contributed by atoms with van der Waals surface area (Å²) in [5.41, 5.74) is 0.986. The molecule has 1 aromatic carbocycles. The fourth-order valence-corrected chi connectivity index (χ4v) is 3.90. The van der Waals surface area contributed by atoms with E-state index >= 15 is 0 Å². The highest BCUT2D eigenvalue weighted by Gasteiger charge is 2.19. The molecule has 1 atom stereocenters. The zero-order valence-corrected chi connectivity index (χ0v) is 14.1. The molecule has 0 heterocycles. The summed E-state index contributed by atoms with van der Waals surface area (Å²) in [5, 5.41) is 3.26. The Bertz CT molecular complexity index is 497. The summed E-state index contributed by atoms with van der Waals surface area (Å²) in [7, 11) is -3.03. The van der Waals surface area contributed by atoms with Crippen molar-refractivity contribution in [3.05, 3.63) is 29.8 Å². The molecule has 4 nitrogen and oxygen atoms in total. The lowest BCUT2D eigenvalue weighted by Crippen LogP contribution is -2.29. The van der Waals surface area contributed by atoms with Gasteiger partial charge in [0.2, 0.25) is 0 Å². The number of unbranched alkanes of at least 4 members (excludes halogenated alkanes) is 1. The van der Waals surface area contributed by atoms with Crippen LogP contribution >= 0.6 is 0 Å². The van der Waals surface area contributed by atoms with Crippen LogP contribution < -0.4 is 10.1 Å². The van der Waals surface area contributed by atoms with E-state index in [4.69, 9.17) is 4.74 Å². The second-order valence-electron chi connectivity index (χ2n) is 5.08. The molecule has 0 amide bonds. The first-order valence-electron chi connectivity index (χ1n) is 7.69. The van der Waals surface area contributed by atoms with Crippen molar-refractivity contribution in [2.24, 2.45) is 0 Å². The predicted molar refractivity (Wildman–Crippen MR) is 87.6 cm³/mol. The molecule has 0 radical (unpaired) electrons. The van der Waals surface area contributed by atoms with Crippen LogP contribution in [0.15, 0.2) is 24.3 Å². The molecule has 0 aliphatic carbocycles. The quantitative estimate of drug-likeness (QED) is 0.721. The van der Waals surface area contributed by atoms with Gasteiger partial charge in [0.25, 0.3) is 0 Å². The zero-order chi connectivity index (χ0) is 15.7. The van der Waals surface area contributed by atoms with Crippen molar-refractivity contribution in [1.82, 2.24) is 5.32 Å².